The summed E-state index contributed by atoms with van der Waals surface area (Å²) in [6.45, 7) is 12.8. The molecular weight excluding hydrogens is 246 g/mol. The van der Waals surface area contributed by atoms with E-state index in [0.717, 1.165) is 23.9 Å². The second-order valence-electron chi connectivity index (χ2n) is 7.80. The number of nitrogens with zero attached hydrogens (tertiary/aromatic N) is 3. The second-order valence-corrected chi connectivity index (χ2v) is 7.80. The van der Waals surface area contributed by atoms with E-state index < -0.39 is 0 Å². The van der Waals surface area contributed by atoms with Crippen LogP contribution in [0.4, 0.5) is 0 Å². The van der Waals surface area contributed by atoms with Crippen molar-refractivity contribution in [3.05, 3.63) is 0 Å². The predicted octanol–water partition coefficient (Wildman–Crippen LogP) is 2.13. The molecule has 0 amide bonds. The Kier molecular flexibility index (Phi) is 4.68. The van der Waals surface area contributed by atoms with Crippen LogP contribution in [0.5, 0.6) is 0 Å². The van der Waals surface area contributed by atoms with Crippen LogP contribution in [0, 0.1) is 11.8 Å². The van der Waals surface area contributed by atoms with Gasteiger partial charge in [-0.1, -0.05) is 13.8 Å². The molecular formula is C17H33N3. The Morgan fingerprint density at radius 2 is 1.75 bits per heavy atom. The average molecular weight is 279 g/mol. The van der Waals surface area contributed by atoms with Crippen molar-refractivity contribution in [1.82, 2.24) is 14.7 Å². The zero-order chi connectivity index (χ0) is 14.1. The molecule has 0 aliphatic carbocycles. The van der Waals surface area contributed by atoms with Crippen LogP contribution in [-0.4, -0.2) is 73.1 Å². The molecule has 3 rings (SSSR count). The lowest BCUT2D eigenvalue weighted by Gasteiger charge is -2.47. The van der Waals surface area contributed by atoms with Gasteiger partial charge >= 0.3 is 0 Å². The molecule has 116 valence electrons. The van der Waals surface area contributed by atoms with Gasteiger partial charge in [0.25, 0.3) is 0 Å². The molecule has 0 saturated carbocycles. The Morgan fingerprint density at radius 1 is 1.00 bits per heavy atom. The van der Waals surface area contributed by atoms with E-state index in [9.17, 15) is 0 Å². The van der Waals surface area contributed by atoms with Gasteiger partial charge in [0.1, 0.15) is 0 Å². The first-order chi connectivity index (χ1) is 9.63. The SMILES string of the molecule is CC(C)C1CN2CCCC2CN1CC1CCN(C)CC1. The molecule has 0 bridgehead atoms. The Hall–Kier alpha value is -0.120. The first-order valence-electron chi connectivity index (χ1n) is 8.80. The van der Waals surface area contributed by atoms with E-state index in [0.29, 0.717) is 0 Å². The van der Waals surface area contributed by atoms with Crippen molar-refractivity contribution in [2.24, 2.45) is 11.8 Å². The second kappa shape index (κ2) is 6.33. The van der Waals surface area contributed by atoms with Crippen LogP contribution in [-0.2, 0) is 0 Å². The highest BCUT2D eigenvalue weighted by atomic mass is 15.3. The minimum Gasteiger partial charge on any atom is -0.306 e. The lowest BCUT2D eigenvalue weighted by molar-refractivity contribution is 0.0127. The van der Waals surface area contributed by atoms with Crippen molar-refractivity contribution in [3.8, 4) is 0 Å². The number of hydrogen-bond acceptors (Lipinski definition) is 3. The van der Waals surface area contributed by atoms with Crippen LogP contribution in [0.25, 0.3) is 0 Å². The standard InChI is InChI=1S/C17H33N3/c1-14(2)17-13-19-8-4-5-16(19)12-20(17)11-15-6-9-18(3)10-7-15/h14-17H,4-13H2,1-3H3. The molecule has 0 aromatic heterocycles. The van der Waals surface area contributed by atoms with Crippen molar-refractivity contribution < 1.29 is 0 Å². The fourth-order valence-corrected chi connectivity index (χ4v) is 4.52. The number of fused-ring (bicyclic) bond motifs is 1. The monoisotopic (exact) mass is 279 g/mol. The molecule has 0 radical (unpaired) electrons. The summed E-state index contributed by atoms with van der Waals surface area (Å²) in [5.74, 6) is 1.74. The topological polar surface area (TPSA) is 9.72 Å². The predicted molar refractivity (Wildman–Crippen MR) is 85.0 cm³/mol. The van der Waals surface area contributed by atoms with Crippen molar-refractivity contribution in [3.63, 3.8) is 0 Å². The van der Waals surface area contributed by atoms with Gasteiger partial charge in [-0.25, -0.2) is 0 Å². The Morgan fingerprint density at radius 3 is 2.45 bits per heavy atom. The van der Waals surface area contributed by atoms with Crippen molar-refractivity contribution >= 4 is 0 Å². The van der Waals surface area contributed by atoms with Crippen LogP contribution in [0.2, 0.25) is 0 Å². The first kappa shape index (κ1) is 14.8. The molecule has 3 aliphatic rings. The minimum absolute atomic E-state index is 0.794. The van der Waals surface area contributed by atoms with Crippen LogP contribution >= 0.6 is 0 Å². The zero-order valence-electron chi connectivity index (χ0n) is 13.7. The first-order valence-corrected chi connectivity index (χ1v) is 8.80. The minimum atomic E-state index is 0.794. The molecule has 2 atom stereocenters. The third kappa shape index (κ3) is 3.20. The van der Waals surface area contributed by atoms with Gasteiger partial charge in [0.05, 0.1) is 0 Å². The van der Waals surface area contributed by atoms with Gasteiger partial charge < -0.3 is 4.90 Å². The maximum absolute atomic E-state index is 2.87. The Bertz CT molecular complexity index is 309. The number of likely N-dealkylation sites (tertiary alicyclic amines) is 1. The maximum Gasteiger partial charge on any atom is 0.0247 e. The molecule has 3 nitrogen and oxygen atoms in total. The Balaban J connectivity index is 1.60. The fraction of sp³-hybridized carbons (Fsp3) is 1.00. The summed E-state index contributed by atoms with van der Waals surface area (Å²) >= 11 is 0. The van der Waals surface area contributed by atoms with E-state index in [2.05, 4.69) is 35.6 Å². The number of piperidine rings is 1. The van der Waals surface area contributed by atoms with Crippen LogP contribution in [0.1, 0.15) is 39.5 Å². The highest BCUT2D eigenvalue weighted by Gasteiger charge is 2.38. The smallest absolute Gasteiger partial charge is 0.0247 e. The molecule has 2 unspecified atom stereocenters. The van der Waals surface area contributed by atoms with E-state index in [1.165, 1.54) is 65.0 Å². The van der Waals surface area contributed by atoms with Crippen LogP contribution in [0.15, 0.2) is 0 Å². The van der Waals surface area contributed by atoms with Crippen molar-refractivity contribution in [2.45, 2.75) is 51.6 Å². The quantitative estimate of drug-likeness (QED) is 0.783. The molecule has 3 heteroatoms. The van der Waals surface area contributed by atoms with E-state index in [1.54, 1.807) is 0 Å². The normalized spacial score (nSPS) is 34.8. The van der Waals surface area contributed by atoms with Gasteiger partial charge in [0.15, 0.2) is 0 Å². The van der Waals surface area contributed by atoms with Gasteiger partial charge in [-0.2, -0.15) is 0 Å². The van der Waals surface area contributed by atoms with Gasteiger partial charge in [0, 0.05) is 31.7 Å². The van der Waals surface area contributed by atoms with Crippen LogP contribution in [0.3, 0.4) is 0 Å². The lowest BCUT2D eigenvalue weighted by atomic mass is 9.92. The average Bonchev–Trinajstić information content (AvgIpc) is 2.87. The summed E-state index contributed by atoms with van der Waals surface area (Å²) in [4.78, 5) is 8.13. The molecule has 20 heavy (non-hydrogen) atoms. The third-order valence-corrected chi connectivity index (χ3v) is 5.94. The largest absolute Gasteiger partial charge is 0.306 e. The maximum atomic E-state index is 2.87. The van der Waals surface area contributed by atoms with Gasteiger partial charge in [-0.15, -0.1) is 0 Å². The zero-order valence-corrected chi connectivity index (χ0v) is 13.7. The molecule has 3 saturated heterocycles. The number of rotatable bonds is 3. The lowest BCUT2D eigenvalue weighted by Crippen LogP contribution is -2.59. The van der Waals surface area contributed by atoms with Gasteiger partial charge in [0.2, 0.25) is 0 Å². The van der Waals surface area contributed by atoms with Crippen molar-refractivity contribution in [2.75, 3.05) is 46.3 Å². The summed E-state index contributed by atoms with van der Waals surface area (Å²) < 4.78 is 0. The van der Waals surface area contributed by atoms with E-state index in [-0.39, 0.29) is 0 Å². The van der Waals surface area contributed by atoms with Crippen molar-refractivity contribution in [1.29, 1.82) is 0 Å². The number of piperazine rings is 1. The fourth-order valence-electron chi connectivity index (χ4n) is 4.52. The summed E-state index contributed by atoms with van der Waals surface area (Å²) in [7, 11) is 2.27. The summed E-state index contributed by atoms with van der Waals surface area (Å²) in [6.07, 6.45) is 5.69. The van der Waals surface area contributed by atoms with E-state index in [4.69, 9.17) is 0 Å². The number of hydrogen-bond donors (Lipinski definition) is 0. The van der Waals surface area contributed by atoms with E-state index in [1.807, 2.05) is 0 Å². The van der Waals surface area contributed by atoms with Gasteiger partial charge in [-0.3, -0.25) is 9.80 Å². The molecule has 0 N–H and O–H groups in total. The molecule has 3 fully saturated rings. The van der Waals surface area contributed by atoms with E-state index >= 15 is 0 Å². The summed E-state index contributed by atoms with van der Waals surface area (Å²) in [5, 5.41) is 0. The molecule has 0 aromatic rings. The Labute approximate surface area is 125 Å². The summed E-state index contributed by atoms with van der Waals surface area (Å²) in [5.41, 5.74) is 0. The molecule has 3 heterocycles. The third-order valence-electron chi connectivity index (χ3n) is 5.94. The molecule has 0 aromatic carbocycles. The highest BCUT2D eigenvalue weighted by Crippen LogP contribution is 2.29. The molecule has 3 aliphatic heterocycles. The highest BCUT2D eigenvalue weighted by molar-refractivity contribution is 4.94. The summed E-state index contributed by atoms with van der Waals surface area (Å²) in [6, 6.07) is 1.67. The van der Waals surface area contributed by atoms with Crippen LogP contribution < -0.4 is 0 Å². The molecule has 0 spiro atoms. The van der Waals surface area contributed by atoms with Gasteiger partial charge in [-0.05, 0) is 64.2 Å².